The summed E-state index contributed by atoms with van der Waals surface area (Å²) in [6.45, 7) is 5.91. The molecular formula is C37H36N8O2. The second kappa shape index (κ2) is 11.5. The predicted molar refractivity (Wildman–Crippen MR) is 178 cm³/mol. The quantitative estimate of drug-likeness (QED) is 0.270. The minimum absolute atomic E-state index is 0.0719. The Bertz CT molecular complexity index is 2210. The van der Waals surface area contributed by atoms with Crippen LogP contribution in [-0.2, 0) is 25.7 Å². The highest BCUT2D eigenvalue weighted by atomic mass is 16.2. The van der Waals surface area contributed by atoms with E-state index in [1.807, 2.05) is 35.6 Å². The molecule has 10 nitrogen and oxygen atoms in total. The van der Waals surface area contributed by atoms with Crippen molar-refractivity contribution >= 4 is 23.1 Å². The maximum atomic E-state index is 13.4. The molecule has 8 rings (SSSR count). The van der Waals surface area contributed by atoms with E-state index in [0.717, 1.165) is 66.0 Å². The van der Waals surface area contributed by atoms with Gasteiger partial charge in [-0.3, -0.25) is 18.4 Å². The summed E-state index contributed by atoms with van der Waals surface area (Å²) < 4.78 is 3.73. The normalized spacial score (nSPS) is 17.1. The van der Waals surface area contributed by atoms with Gasteiger partial charge in [-0.15, -0.1) is 0 Å². The Labute approximate surface area is 272 Å². The SMILES string of the molecule is Cc1cc(C)n2cnc(C(=O)NC3CCc4cc(Cc5cc(C)n6cnc(C(=O)NC7CCc8ccccc8C7)c6n5)ccc43)c2n1. The van der Waals surface area contributed by atoms with Gasteiger partial charge in [0.2, 0.25) is 0 Å². The number of benzene rings is 2. The molecule has 0 radical (unpaired) electrons. The van der Waals surface area contributed by atoms with Gasteiger partial charge >= 0.3 is 0 Å². The van der Waals surface area contributed by atoms with Crippen molar-refractivity contribution in [2.75, 3.05) is 0 Å². The first kappa shape index (κ1) is 29.1. The molecule has 0 saturated carbocycles. The summed E-state index contributed by atoms with van der Waals surface area (Å²) >= 11 is 0. The molecule has 2 aliphatic carbocycles. The van der Waals surface area contributed by atoms with Crippen molar-refractivity contribution in [2.24, 2.45) is 0 Å². The summed E-state index contributed by atoms with van der Waals surface area (Å²) in [5, 5.41) is 6.42. The van der Waals surface area contributed by atoms with E-state index < -0.39 is 0 Å². The van der Waals surface area contributed by atoms with Crippen LogP contribution < -0.4 is 10.6 Å². The highest BCUT2D eigenvalue weighted by Gasteiger charge is 2.27. The topological polar surface area (TPSA) is 119 Å². The molecule has 2 aromatic carbocycles. The number of amides is 2. The molecule has 2 atom stereocenters. The molecular weight excluding hydrogens is 588 g/mol. The van der Waals surface area contributed by atoms with Crippen LogP contribution in [0.15, 0.2) is 67.3 Å². The van der Waals surface area contributed by atoms with Crippen molar-refractivity contribution in [1.29, 1.82) is 0 Å². The van der Waals surface area contributed by atoms with E-state index in [1.165, 1.54) is 16.7 Å². The largest absolute Gasteiger partial charge is 0.348 e. The van der Waals surface area contributed by atoms with E-state index in [9.17, 15) is 9.59 Å². The molecule has 2 aliphatic rings. The van der Waals surface area contributed by atoms with E-state index in [2.05, 4.69) is 74.1 Å². The first-order valence-electron chi connectivity index (χ1n) is 16.3. The van der Waals surface area contributed by atoms with E-state index in [4.69, 9.17) is 4.98 Å². The van der Waals surface area contributed by atoms with Crippen molar-refractivity contribution in [1.82, 2.24) is 39.4 Å². The van der Waals surface area contributed by atoms with Crippen LogP contribution in [0.5, 0.6) is 0 Å². The lowest BCUT2D eigenvalue weighted by molar-refractivity contribution is 0.0923. The number of nitrogens with one attached hydrogen (secondary N) is 2. The monoisotopic (exact) mass is 624 g/mol. The van der Waals surface area contributed by atoms with E-state index >= 15 is 0 Å². The highest BCUT2D eigenvalue weighted by Crippen LogP contribution is 2.33. The standard InChI is InChI=1S/C37H36N8O2/c1-21-14-22(2)44-19-38-32(34(44)40-21)37(47)43-31-13-10-27-16-24(8-12-30(27)31)17-29-15-23(3)45-20-39-33(35(45)41-29)36(46)42-28-11-9-25-6-4-5-7-26(25)18-28/h4-8,12,14-16,19-20,28,31H,9-11,13,17-18H2,1-3H3,(H,42,46)(H,43,47). The van der Waals surface area contributed by atoms with Gasteiger partial charge in [-0.2, -0.15) is 0 Å². The number of hydrogen-bond donors (Lipinski definition) is 2. The molecule has 10 heteroatoms. The molecule has 0 aliphatic heterocycles. The van der Waals surface area contributed by atoms with Crippen LogP contribution in [0.1, 0.15) is 90.5 Å². The summed E-state index contributed by atoms with van der Waals surface area (Å²) in [6.07, 6.45) is 8.35. The minimum atomic E-state index is -0.214. The lowest BCUT2D eigenvalue weighted by Crippen LogP contribution is -2.39. The van der Waals surface area contributed by atoms with Crippen LogP contribution in [-0.4, -0.2) is 46.6 Å². The Kier molecular flexibility index (Phi) is 7.08. The van der Waals surface area contributed by atoms with E-state index in [-0.39, 0.29) is 23.9 Å². The van der Waals surface area contributed by atoms with Crippen LogP contribution in [0.2, 0.25) is 0 Å². The van der Waals surface area contributed by atoms with E-state index in [1.54, 1.807) is 12.7 Å². The van der Waals surface area contributed by atoms with Crippen molar-refractivity contribution < 1.29 is 9.59 Å². The first-order chi connectivity index (χ1) is 22.8. The molecule has 47 heavy (non-hydrogen) atoms. The zero-order chi connectivity index (χ0) is 32.2. The molecule has 2 N–H and O–H groups in total. The van der Waals surface area contributed by atoms with Gasteiger partial charge in [-0.25, -0.2) is 19.9 Å². The first-order valence-corrected chi connectivity index (χ1v) is 16.3. The van der Waals surface area contributed by atoms with Gasteiger partial charge in [0.25, 0.3) is 11.8 Å². The van der Waals surface area contributed by atoms with Gasteiger partial charge < -0.3 is 10.6 Å². The maximum absolute atomic E-state index is 13.4. The number of nitrogens with zero attached hydrogens (tertiary/aromatic N) is 6. The number of hydrogen-bond acceptors (Lipinski definition) is 6. The average molecular weight is 625 g/mol. The Morgan fingerprint density at radius 1 is 0.766 bits per heavy atom. The Morgan fingerprint density at radius 3 is 2.23 bits per heavy atom. The highest BCUT2D eigenvalue weighted by molar-refractivity contribution is 5.99. The molecule has 4 aromatic heterocycles. The summed E-state index contributed by atoms with van der Waals surface area (Å²) in [5.74, 6) is -0.398. The number of carbonyl (C=O) groups excluding carboxylic acids is 2. The number of imidazole rings is 2. The maximum Gasteiger partial charge on any atom is 0.274 e. The third-order valence-electron chi connectivity index (χ3n) is 9.66. The predicted octanol–water partition coefficient (Wildman–Crippen LogP) is 4.99. The zero-order valence-corrected chi connectivity index (χ0v) is 26.7. The summed E-state index contributed by atoms with van der Waals surface area (Å²) in [4.78, 5) is 45.1. The number of aryl methyl sites for hydroxylation is 5. The van der Waals surface area contributed by atoms with Crippen molar-refractivity contribution in [3.8, 4) is 0 Å². The van der Waals surface area contributed by atoms with E-state index in [0.29, 0.717) is 29.1 Å². The van der Waals surface area contributed by atoms with Gasteiger partial charge in [0.15, 0.2) is 22.7 Å². The molecule has 0 fully saturated rings. The third kappa shape index (κ3) is 5.33. The van der Waals surface area contributed by atoms with Gasteiger partial charge in [0.05, 0.1) is 6.04 Å². The molecule has 0 spiro atoms. The summed E-state index contributed by atoms with van der Waals surface area (Å²) in [7, 11) is 0. The molecule has 0 bridgehead atoms. The smallest absolute Gasteiger partial charge is 0.274 e. The number of rotatable bonds is 6. The molecule has 6 aromatic rings. The van der Waals surface area contributed by atoms with Crippen LogP contribution >= 0.6 is 0 Å². The summed E-state index contributed by atoms with van der Waals surface area (Å²) in [6, 6.07) is 18.9. The van der Waals surface area contributed by atoms with Crippen LogP contribution in [0.25, 0.3) is 11.3 Å². The van der Waals surface area contributed by atoms with Gasteiger partial charge in [0.1, 0.15) is 12.7 Å². The van der Waals surface area contributed by atoms with Crippen LogP contribution in [0.3, 0.4) is 0 Å². The Balaban J connectivity index is 0.980. The Morgan fingerprint density at radius 2 is 1.45 bits per heavy atom. The number of fused-ring (bicyclic) bond motifs is 4. The second-order valence-electron chi connectivity index (χ2n) is 13.0. The fourth-order valence-corrected chi connectivity index (χ4v) is 7.32. The van der Waals surface area contributed by atoms with Crippen LogP contribution in [0.4, 0.5) is 0 Å². The summed E-state index contributed by atoms with van der Waals surface area (Å²) in [5.41, 5.74) is 11.7. The molecule has 2 amide bonds. The lowest BCUT2D eigenvalue weighted by atomic mass is 9.88. The fraction of sp³-hybridized carbons (Fsp3) is 0.297. The van der Waals surface area contributed by atoms with Gasteiger partial charge in [-0.05, 0) is 92.8 Å². The average Bonchev–Trinajstić information content (AvgIpc) is 3.78. The van der Waals surface area contributed by atoms with Crippen molar-refractivity contribution in [3.05, 3.63) is 129 Å². The van der Waals surface area contributed by atoms with Crippen molar-refractivity contribution in [3.63, 3.8) is 0 Å². The molecule has 2 unspecified atom stereocenters. The van der Waals surface area contributed by atoms with Crippen LogP contribution in [0, 0.1) is 20.8 Å². The van der Waals surface area contributed by atoms with Gasteiger partial charge in [0, 0.05) is 35.2 Å². The minimum Gasteiger partial charge on any atom is -0.348 e. The lowest BCUT2D eigenvalue weighted by Gasteiger charge is -2.25. The Hall–Kier alpha value is -5.38. The fourth-order valence-electron chi connectivity index (χ4n) is 7.32. The molecule has 0 saturated heterocycles. The number of carbonyl (C=O) groups is 2. The van der Waals surface area contributed by atoms with Gasteiger partial charge in [-0.1, -0.05) is 42.5 Å². The molecule has 236 valence electrons. The molecule has 4 heterocycles. The third-order valence-corrected chi connectivity index (χ3v) is 9.66. The zero-order valence-electron chi connectivity index (χ0n) is 26.7. The number of aromatic nitrogens is 6. The second-order valence-corrected chi connectivity index (χ2v) is 13.0. The van der Waals surface area contributed by atoms with Crippen molar-refractivity contribution in [2.45, 2.75) is 71.4 Å².